The van der Waals surface area contributed by atoms with Crippen molar-refractivity contribution in [3.8, 4) is 11.1 Å². The second-order valence-electron chi connectivity index (χ2n) is 12.7. The van der Waals surface area contributed by atoms with Gasteiger partial charge in [-0.25, -0.2) is 4.99 Å². The van der Waals surface area contributed by atoms with Crippen LogP contribution < -0.4 is 15.9 Å². The second kappa shape index (κ2) is 13.2. The highest BCUT2D eigenvalue weighted by atomic mass is 31.1. The largest absolute Gasteiger partial charge is 0.467 e. The van der Waals surface area contributed by atoms with Gasteiger partial charge in [0.1, 0.15) is 6.04 Å². The summed E-state index contributed by atoms with van der Waals surface area (Å²) >= 11 is 0. The van der Waals surface area contributed by atoms with Gasteiger partial charge in [0, 0.05) is 5.56 Å². The Labute approximate surface area is 294 Å². The van der Waals surface area contributed by atoms with Gasteiger partial charge in [-0.2, -0.15) is 0 Å². The molecule has 0 amide bonds. The maximum absolute atomic E-state index is 6.90. The molecule has 8 aromatic rings. The lowest BCUT2D eigenvalue weighted by atomic mass is 9.92. The van der Waals surface area contributed by atoms with E-state index in [2.05, 4.69) is 194 Å². The summed E-state index contributed by atoms with van der Waals surface area (Å²) in [5.74, 6) is 0.676. The van der Waals surface area contributed by atoms with Gasteiger partial charge in [-0.05, 0) is 79.8 Å². The molecule has 238 valence electrons. The highest BCUT2D eigenvalue weighted by Gasteiger charge is 2.34. The van der Waals surface area contributed by atoms with E-state index >= 15 is 0 Å². The summed E-state index contributed by atoms with van der Waals surface area (Å²) in [6.45, 7) is 0. The number of ether oxygens (including phenoxy) is 1. The van der Waals surface area contributed by atoms with Crippen LogP contribution in [0.25, 0.3) is 32.7 Å². The number of benzene rings is 8. The molecule has 2 atom stereocenters. The normalized spacial score (nSPS) is 15.7. The van der Waals surface area contributed by atoms with Gasteiger partial charge in [-0.15, -0.1) is 0 Å². The fraction of sp³-hybridized carbons (Fsp3) is 0.0426. The molecule has 0 unspecified atom stereocenters. The summed E-state index contributed by atoms with van der Waals surface area (Å²) in [5.41, 5.74) is 5.70. The molecule has 0 N–H and O–H groups in total. The van der Waals surface area contributed by atoms with Crippen LogP contribution >= 0.6 is 7.92 Å². The highest BCUT2D eigenvalue weighted by Crippen LogP contribution is 2.45. The Hall–Kier alpha value is -5.82. The molecule has 0 bridgehead atoms. The zero-order valence-electron chi connectivity index (χ0n) is 27.4. The van der Waals surface area contributed by atoms with Crippen LogP contribution in [0.4, 0.5) is 0 Å². The summed E-state index contributed by atoms with van der Waals surface area (Å²) in [6, 6.07) is 69.6. The Morgan fingerprint density at radius 1 is 0.460 bits per heavy atom. The number of rotatable bonds is 7. The van der Waals surface area contributed by atoms with Crippen molar-refractivity contribution in [1.82, 2.24) is 0 Å². The standard InChI is InChI=1S/C47H34NOP/c1-5-18-34(19-6-1)45-46(35-20-7-2-8-21-35)49-47(48-45)37-31-36-22-14-15-27-40(36)42(32-37)44-41-28-16-13-17-33(41)29-30-43(44)50(38-23-9-3-10-24-38)39-25-11-4-12-26-39/h1-32,45-46H/t45-,46+/m0/s1. The molecule has 0 saturated carbocycles. The van der Waals surface area contributed by atoms with Crippen molar-refractivity contribution < 1.29 is 4.74 Å². The minimum Gasteiger partial charge on any atom is -0.467 e. The Morgan fingerprint density at radius 2 is 1.00 bits per heavy atom. The fourth-order valence-electron chi connectivity index (χ4n) is 7.30. The topological polar surface area (TPSA) is 21.6 Å². The van der Waals surface area contributed by atoms with E-state index in [1.165, 1.54) is 43.2 Å². The van der Waals surface area contributed by atoms with Crippen LogP contribution in [0.15, 0.2) is 199 Å². The van der Waals surface area contributed by atoms with Gasteiger partial charge in [0.25, 0.3) is 0 Å². The van der Waals surface area contributed by atoms with Gasteiger partial charge < -0.3 is 4.74 Å². The van der Waals surface area contributed by atoms with E-state index in [1.807, 2.05) is 0 Å². The second-order valence-corrected chi connectivity index (χ2v) is 14.9. The molecule has 1 aliphatic rings. The summed E-state index contributed by atoms with van der Waals surface area (Å²) in [6.07, 6.45) is -0.222. The van der Waals surface area contributed by atoms with Crippen molar-refractivity contribution in [3.05, 3.63) is 211 Å². The minimum atomic E-state index is -0.875. The van der Waals surface area contributed by atoms with Crippen molar-refractivity contribution in [1.29, 1.82) is 0 Å². The number of nitrogens with zero attached hydrogens (tertiary/aromatic N) is 1. The summed E-state index contributed by atoms with van der Waals surface area (Å²) in [5, 5.41) is 8.81. The molecule has 1 aliphatic heterocycles. The summed E-state index contributed by atoms with van der Waals surface area (Å²) < 4.78 is 6.90. The van der Waals surface area contributed by atoms with E-state index in [4.69, 9.17) is 9.73 Å². The maximum Gasteiger partial charge on any atom is 0.217 e. The number of hydrogen-bond donors (Lipinski definition) is 0. The molecule has 50 heavy (non-hydrogen) atoms. The molecular weight excluding hydrogens is 625 g/mol. The Balaban J connectivity index is 1.29. The van der Waals surface area contributed by atoms with Gasteiger partial charge in [0.2, 0.25) is 5.90 Å². The first-order valence-corrected chi connectivity index (χ1v) is 18.5. The van der Waals surface area contributed by atoms with E-state index in [0.717, 1.165) is 22.1 Å². The van der Waals surface area contributed by atoms with Gasteiger partial charge in [0.15, 0.2) is 6.10 Å². The van der Waals surface area contributed by atoms with Crippen LogP contribution in [0, 0.1) is 0 Å². The number of hydrogen-bond acceptors (Lipinski definition) is 2. The molecule has 0 fully saturated rings. The van der Waals surface area contributed by atoms with E-state index in [0.29, 0.717) is 5.90 Å². The molecule has 0 aliphatic carbocycles. The predicted octanol–water partition coefficient (Wildman–Crippen LogP) is 10.7. The molecule has 2 nitrogen and oxygen atoms in total. The lowest BCUT2D eigenvalue weighted by Crippen LogP contribution is -2.22. The zero-order valence-corrected chi connectivity index (χ0v) is 28.3. The predicted molar refractivity (Wildman–Crippen MR) is 212 cm³/mol. The van der Waals surface area contributed by atoms with Gasteiger partial charge in [0.05, 0.1) is 0 Å². The van der Waals surface area contributed by atoms with Crippen LogP contribution in [0.3, 0.4) is 0 Å². The van der Waals surface area contributed by atoms with Crippen LogP contribution in [0.1, 0.15) is 28.8 Å². The summed E-state index contributed by atoms with van der Waals surface area (Å²) in [7, 11) is -0.875. The van der Waals surface area contributed by atoms with Gasteiger partial charge >= 0.3 is 0 Å². The van der Waals surface area contributed by atoms with Gasteiger partial charge in [-0.1, -0.05) is 182 Å². The first-order valence-electron chi connectivity index (χ1n) is 17.1. The first-order chi connectivity index (χ1) is 24.8. The van der Waals surface area contributed by atoms with Crippen molar-refractivity contribution in [3.63, 3.8) is 0 Å². The Bertz CT molecular complexity index is 2420. The molecular formula is C47H34NOP. The molecule has 0 saturated heterocycles. The van der Waals surface area contributed by atoms with Crippen molar-refractivity contribution in [2.75, 3.05) is 0 Å². The molecule has 1 heterocycles. The SMILES string of the molecule is c1ccc([C@H]2OC(c3cc(-c4c(P(c5ccccc5)c5ccccc5)ccc5ccccc45)c4ccccc4c3)=N[C@H]2c2ccccc2)cc1. The Kier molecular flexibility index (Phi) is 8.01. The van der Waals surface area contributed by atoms with Crippen molar-refractivity contribution >= 4 is 51.3 Å². The third-order valence-electron chi connectivity index (χ3n) is 9.61. The maximum atomic E-state index is 6.90. The van der Waals surface area contributed by atoms with E-state index < -0.39 is 7.92 Å². The minimum absolute atomic E-state index is 0.152. The molecule has 9 rings (SSSR count). The lowest BCUT2D eigenvalue weighted by Gasteiger charge is -2.25. The van der Waals surface area contributed by atoms with E-state index in [-0.39, 0.29) is 12.1 Å². The van der Waals surface area contributed by atoms with Crippen LogP contribution in [-0.2, 0) is 4.74 Å². The Morgan fingerprint density at radius 3 is 1.66 bits per heavy atom. The average molecular weight is 660 g/mol. The molecule has 0 spiro atoms. The molecule has 8 aromatic carbocycles. The zero-order chi connectivity index (χ0) is 33.3. The molecule has 0 aromatic heterocycles. The van der Waals surface area contributed by atoms with Gasteiger partial charge in [-0.3, -0.25) is 0 Å². The third-order valence-corrected chi connectivity index (χ3v) is 12.1. The fourth-order valence-corrected chi connectivity index (χ4v) is 9.78. The van der Waals surface area contributed by atoms with E-state index in [1.54, 1.807) is 0 Å². The van der Waals surface area contributed by atoms with Crippen LogP contribution in [-0.4, -0.2) is 5.90 Å². The third kappa shape index (κ3) is 5.58. The highest BCUT2D eigenvalue weighted by molar-refractivity contribution is 7.80. The van der Waals surface area contributed by atoms with Crippen LogP contribution in [0.2, 0.25) is 0 Å². The van der Waals surface area contributed by atoms with Crippen LogP contribution in [0.5, 0.6) is 0 Å². The monoisotopic (exact) mass is 659 g/mol. The number of aliphatic imine (C=N–C) groups is 1. The smallest absolute Gasteiger partial charge is 0.217 e. The molecule has 3 heteroatoms. The van der Waals surface area contributed by atoms with E-state index in [9.17, 15) is 0 Å². The summed E-state index contributed by atoms with van der Waals surface area (Å²) in [4.78, 5) is 5.34. The average Bonchev–Trinajstić information content (AvgIpc) is 3.65. The lowest BCUT2D eigenvalue weighted by molar-refractivity contribution is 0.197. The quantitative estimate of drug-likeness (QED) is 0.156. The molecule has 0 radical (unpaired) electrons. The number of fused-ring (bicyclic) bond motifs is 2. The van der Waals surface area contributed by atoms with Crippen molar-refractivity contribution in [2.24, 2.45) is 4.99 Å². The first kappa shape index (κ1) is 30.3. The van der Waals surface area contributed by atoms with Crippen molar-refractivity contribution in [2.45, 2.75) is 12.1 Å².